The predicted molar refractivity (Wildman–Crippen MR) is 177 cm³/mol. The number of hydrogen-bond donors (Lipinski definition) is 0. The van der Waals surface area contributed by atoms with E-state index >= 15 is 0 Å². The van der Waals surface area contributed by atoms with Crippen LogP contribution in [0.3, 0.4) is 0 Å². The van der Waals surface area contributed by atoms with Gasteiger partial charge in [0.25, 0.3) is 0 Å². The second-order valence-corrected chi connectivity index (χ2v) is 12.9. The molecule has 0 spiro atoms. The van der Waals surface area contributed by atoms with E-state index in [1.54, 1.807) is 0 Å². The van der Waals surface area contributed by atoms with Gasteiger partial charge < -0.3 is 4.90 Å². The molecule has 1 heteroatoms. The second-order valence-electron chi connectivity index (χ2n) is 12.9. The topological polar surface area (TPSA) is 3.24 Å². The molecule has 0 saturated heterocycles. The van der Waals surface area contributed by atoms with Crippen LogP contribution < -0.4 is 0 Å². The molecule has 0 aromatic rings. The minimum absolute atomic E-state index is 1.32. The van der Waals surface area contributed by atoms with Gasteiger partial charge in [-0.2, -0.15) is 0 Å². The van der Waals surface area contributed by atoms with Crippen LogP contribution in [0.15, 0.2) is 0 Å². The average molecular weight is 536 g/mol. The van der Waals surface area contributed by atoms with Gasteiger partial charge in [0, 0.05) is 0 Å². The molecule has 0 bridgehead atoms. The molecule has 38 heavy (non-hydrogen) atoms. The smallest absolute Gasteiger partial charge is 0.00218 e. The van der Waals surface area contributed by atoms with Crippen LogP contribution in [0, 0.1) is 0 Å². The van der Waals surface area contributed by atoms with E-state index in [1.165, 1.54) is 219 Å². The molecule has 0 rings (SSSR count). The van der Waals surface area contributed by atoms with Crippen molar-refractivity contribution in [1.82, 2.24) is 4.90 Å². The summed E-state index contributed by atoms with van der Waals surface area (Å²) in [6, 6.07) is 0. The molecule has 0 atom stereocenters. The molecule has 0 amide bonds. The molecular formula is C37H77N. The summed E-state index contributed by atoms with van der Waals surface area (Å²) in [6.45, 7) is 7.25. The monoisotopic (exact) mass is 536 g/mol. The summed E-state index contributed by atoms with van der Waals surface area (Å²) in [4.78, 5) is 2.59. The SMILES string of the molecule is CCCCCCCCCCCCCCCCCCCCN(C)CCCCCCCCCCCCCCCC. The van der Waals surface area contributed by atoms with E-state index in [0.29, 0.717) is 0 Å². The molecular weight excluding hydrogens is 458 g/mol. The summed E-state index contributed by atoms with van der Waals surface area (Å²) in [6.07, 6.45) is 46.8. The minimum Gasteiger partial charge on any atom is -0.306 e. The summed E-state index contributed by atoms with van der Waals surface area (Å²) in [5.41, 5.74) is 0. The Bertz CT molecular complexity index is 392. The lowest BCUT2D eigenvalue weighted by molar-refractivity contribution is 0.314. The van der Waals surface area contributed by atoms with Crippen LogP contribution in [-0.2, 0) is 0 Å². The van der Waals surface area contributed by atoms with Crippen LogP contribution in [0.5, 0.6) is 0 Å². The Labute approximate surface area is 244 Å². The molecule has 0 aromatic carbocycles. The lowest BCUT2D eigenvalue weighted by Gasteiger charge is -2.16. The van der Waals surface area contributed by atoms with Crippen molar-refractivity contribution in [1.29, 1.82) is 0 Å². The van der Waals surface area contributed by atoms with Crippen molar-refractivity contribution >= 4 is 0 Å². The minimum atomic E-state index is 1.32. The third kappa shape index (κ3) is 34.0. The number of nitrogens with zero attached hydrogens (tertiary/aromatic N) is 1. The molecule has 0 saturated carbocycles. The zero-order valence-corrected chi connectivity index (χ0v) is 27.5. The van der Waals surface area contributed by atoms with Crippen molar-refractivity contribution in [3.8, 4) is 0 Å². The third-order valence-corrected chi connectivity index (χ3v) is 8.79. The zero-order chi connectivity index (χ0) is 27.6. The fraction of sp³-hybridized carbons (Fsp3) is 1.00. The van der Waals surface area contributed by atoms with Crippen molar-refractivity contribution in [2.45, 2.75) is 219 Å². The standard InChI is InChI=1S/C37H77N/c1-4-6-8-10-12-14-16-18-20-21-22-23-25-27-29-31-33-35-37-38(3)36-34-32-30-28-26-24-19-17-15-13-11-9-7-5-2/h4-37H2,1-3H3. The maximum atomic E-state index is 2.59. The van der Waals surface area contributed by atoms with Gasteiger partial charge >= 0.3 is 0 Å². The van der Waals surface area contributed by atoms with Gasteiger partial charge in [-0.1, -0.05) is 206 Å². The summed E-state index contributed by atoms with van der Waals surface area (Å²) in [7, 11) is 2.34. The first-order valence-electron chi connectivity index (χ1n) is 18.5. The lowest BCUT2D eigenvalue weighted by atomic mass is 10.0. The molecule has 1 nitrogen and oxygen atoms in total. The molecule has 0 aliphatic rings. The summed E-state index contributed by atoms with van der Waals surface area (Å²) in [5.74, 6) is 0. The highest BCUT2D eigenvalue weighted by atomic mass is 15.1. The molecule has 0 aliphatic heterocycles. The van der Waals surface area contributed by atoms with Crippen LogP contribution in [-0.4, -0.2) is 25.0 Å². The Morgan fingerprint density at radius 1 is 0.237 bits per heavy atom. The van der Waals surface area contributed by atoms with Crippen molar-refractivity contribution in [3.63, 3.8) is 0 Å². The van der Waals surface area contributed by atoms with E-state index in [9.17, 15) is 0 Å². The lowest BCUT2D eigenvalue weighted by Crippen LogP contribution is -2.20. The van der Waals surface area contributed by atoms with Gasteiger partial charge in [0.15, 0.2) is 0 Å². The molecule has 0 radical (unpaired) electrons. The Morgan fingerprint density at radius 2 is 0.395 bits per heavy atom. The third-order valence-electron chi connectivity index (χ3n) is 8.79. The first kappa shape index (κ1) is 38.0. The largest absolute Gasteiger partial charge is 0.306 e. The molecule has 0 aromatic heterocycles. The highest BCUT2D eigenvalue weighted by Gasteiger charge is 2.00. The maximum absolute atomic E-state index is 2.59. The molecule has 0 unspecified atom stereocenters. The Morgan fingerprint density at radius 3 is 0.579 bits per heavy atom. The van der Waals surface area contributed by atoms with Crippen LogP contribution in [0.4, 0.5) is 0 Å². The summed E-state index contributed by atoms with van der Waals surface area (Å²) < 4.78 is 0. The summed E-state index contributed by atoms with van der Waals surface area (Å²) in [5, 5.41) is 0. The first-order chi connectivity index (χ1) is 18.8. The van der Waals surface area contributed by atoms with Crippen LogP contribution >= 0.6 is 0 Å². The molecule has 230 valence electrons. The number of unbranched alkanes of at least 4 members (excludes halogenated alkanes) is 30. The fourth-order valence-corrected chi connectivity index (χ4v) is 5.97. The molecule has 0 heterocycles. The van der Waals surface area contributed by atoms with Gasteiger partial charge in [-0.05, 0) is 33.0 Å². The number of hydrogen-bond acceptors (Lipinski definition) is 1. The molecule has 0 N–H and O–H groups in total. The zero-order valence-electron chi connectivity index (χ0n) is 27.5. The Balaban J connectivity index is 3.13. The Hall–Kier alpha value is -0.0400. The highest BCUT2D eigenvalue weighted by Crippen LogP contribution is 2.15. The maximum Gasteiger partial charge on any atom is -0.00218 e. The van der Waals surface area contributed by atoms with E-state index in [-0.39, 0.29) is 0 Å². The van der Waals surface area contributed by atoms with E-state index in [2.05, 4.69) is 25.8 Å². The second kappa shape index (κ2) is 35.0. The van der Waals surface area contributed by atoms with E-state index < -0.39 is 0 Å². The van der Waals surface area contributed by atoms with E-state index in [4.69, 9.17) is 0 Å². The first-order valence-corrected chi connectivity index (χ1v) is 18.5. The number of rotatable bonds is 34. The van der Waals surface area contributed by atoms with E-state index in [0.717, 1.165) is 0 Å². The van der Waals surface area contributed by atoms with Crippen molar-refractivity contribution in [2.24, 2.45) is 0 Å². The van der Waals surface area contributed by atoms with Crippen LogP contribution in [0.25, 0.3) is 0 Å². The van der Waals surface area contributed by atoms with Crippen molar-refractivity contribution in [3.05, 3.63) is 0 Å². The normalized spacial score (nSPS) is 11.7. The molecule has 0 aliphatic carbocycles. The van der Waals surface area contributed by atoms with Gasteiger partial charge in [-0.3, -0.25) is 0 Å². The quantitative estimate of drug-likeness (QED) is 0.0740. The van der Waals surface area contributed by atoms with Gasteiger partial charge in [0.2, 0.25) is 0 Å². The summed E-state index contributed by atoms with van der Waals surface area (Å²) >= 11 is 0. The van der Waals surface area contributed by atoms with E-state index in [1.807, 2.05) is 0 Å². The molecule has 0 fully saturated rings. The van der Waals surface area contributed by atoms with Crippen LogP contribution in [0.1, 0.15) is 219 Å². The van der Waals surface area contributed by atoms with Gasteiger partial charge in [0.05, 0.1) is 0 Å². The average Bonchev–Trinajstić information content (AvgIpc) is 2.92. The van der Waals surface area contributed by atoms with Crippen LogP contribution in [0.2, 0.25) is 0 Å². The Kier molecular flexibility index (Phi) is 35.0. The van der Waals surface area contributed by atoms with Crippen molar-refractivity contribution < 1.29 is 0 Å². The fourth-order valence-electron chi connectivity index (χ4n) is 5.97. The van der Waals surface area contributed by atoms with Gasteiger partial charge in [-0.25, -0.2) is 0 Å². The highest BCUT2D eigenvalue weighted by molar-refractivity contribution is 4.55. The van der Waals surface area contributed by atoms with Gasteiger partial charge in [0.1, 0.15) is 0 Å². The van der Waals surface area contributed by atoms with Crippen molar-refractivity contribution in [2.75, 3.05) is 20.1 Å². The predicted octanol–water partition coefficient (Wildman–Crippen LogP) is 13.4. The van der Waals surface area contributed by atoms with Gasteiger partial charge in [-0.15, -0.1) is 0 Å².